The lowest BCUT2D eigenvalue weighted by atomic mass is 10.2. The molecule has 0 aliphatic heterocycles. The Balaban J connectivity index is 3.00. The van der Waals surface area contributed by atoms with Gasteiger partial charge in [0.15, 0.2) is 0 Å². The summed E-state index contributed by atoms with van der Waals surface area (Å²) in [5.41, 5.74) is 2.07. The first-order valence-electron chi connectivity index (χ1n) is 3.52. The highest BCUT2D eigenvalue weighted by Crippen LogP contribution is 2.11. The van der Waals surface area contributed by atoms with Crippen LogP contribution in [-0.4, -0.2) is 20.3 Å². The Hall–Kier alpha value is -1.31. The van der Waals surface area contributed by atoms with Crippen molar-refractivity contribution < 1.29 is 0 Å². The van der Waals surface area contributed by atoms with Crippen LogP contribution in [0.1, 0.15) is 5.56 Å². The molecule has 1 N–H and O–H groups in total. The van der Waals surface area contributed by atoms with Crippen LogP contribution in [0.4, 0.5) is 5.69 Å². The van der Waals surface area contributed by atoms with Gasteiger partial charge in [0.1, 0.15) is 0 Å². The fourth-order valence-corrected chi connectivity index (χ4v) is 0.893. The SMILES string of the molecule is CN(C)c1cccc(C=N)c1. The molecule has 0 spiro atoms. The Morgan fingerprint density at radius 2 is 2.09 bits per heavy atom. The second-order valence-electron chi connectivity index (χ2n) is 2.63. The molecule has 0 atom stereocenters. The van der Waals surface area contributed by atoms with Gasteiger partial charge in [0.2, 0.25) is 0 Å². The van der Waals surface area contributed by atoms with Crippen molar-refractivity contribution in [2.75, 3.05) is 19.0 Å². The molecule has 0 heterocycles. The normalized spacial score (nSPS) is 9.27. The molecule has 0 aliphatic rings. The topological polar surface area (TPSA) is 27.1 Å². The predicted octanol–water partition coefficient (Wildman–Crippen LogP) is 1.75. The van der Waals surface area contributed by atoms with Gasteiger partial charge < -0.3 is 10.3 Å². The average Bonchev–Trinajstić information content (AvgIpc) is 2.05. The van der Waals surface area contributed by atoms with Gasteiger partial charge >= 0.3 is 0 Å². The fraction of sp³-hybridized carbons (Fsp3) is 0.222. The fourth-order valence-electron chi connectivity index (χ4n) is 0.893. The molecular formula is C9H12N2. The van der Waals surface area contributed by atoms with E-state index >= 15 is 0 Å². The Kier molecular flexibility index (Phi) is 2.26. The van der Waals surface area contributed by atoms with Crippen LogP contribution in [0.2, 0.25) is 0 Å². The van der Waals surface area contributed by atoms with Crippen molar-refractivity contribution in [1.29, 1.82) is 5.41 Å². The number of nitrogens with one attached hydrogen (secondary N) is 1. The molecule has 0 amide bonds. The summed E-state index contributed by atoms with van der Waals surface area (Å²) in [7, 11) is 3.98. The van der Waals surface area contributed by atoms with E-state index in [1.165, 1.54) is 6.21 Å². The van der Waals surface area contributed by atoms with E-state index in [9.17, 15) is 0 Å². The first-order valence-corrected chi connectivity index (χ1v) is 3.52. The first kappa shape index (κ1) is 7.79. The maximum Gasteiger partial charge on any atom is 0.0367 e. The summed E-state index contributed by atoms with van der Waals surface area (Å²) in [6.45, 7) is 0. The van der Waals surface area contributed by atoms with E-state index in [-0.39, 0.29) is 0 Å². The maximum absolute atomic E-state index is 7.04. The number of rotatable bonds is 2. The van der Waals surface area contributed by atoms with Crippen molar-refractivity contribution in [3.63, 3.8) is 0 Å². The summed E-state index contributed by atoms with van der Waals surface area (Å²) in [5, 5.41) is 7.04. The van der Waals surface area contributed by atoms with Gasteiger partial charge in [-0.1, -0.05) is 12.1 Å². The van der Waals surface area contributed by atoms with Crippen LogP contribution in [0.25, 0.3) is 0 Å². The van der Waals surface area contributed by atoms with E-state index in [1.807, 2.05) is 43.3 Å². The molecular weight excluding hydrogens is 136 g/mol. The number of benzene rings is 1. The highest BCUT2D eigenvalue weighted by Gasteiger charge is 1.93. The van der Waals surface area contributed by atoms with Crippen molar-refractivity contribution in [2.24, 2.45) is 0 Å². The van der Waals surface area contributed by atoms with Crippen molar-refractivity contribution in [1.82, 2.24) is 0 Å². The quantitative estimate of drug-likeness (QED) is 0.635. The van der Waals surface area contributed by atoms with Gasteiger partial charge in [0.05, 0.1) is 0 Å². The molecule has 0 saturated heterocycles. The van der Waals surface area contributed by atoms with Gasteiger partial charge in [0, 0.05) is 26.0 Å². The molecule has 11 heavy (non-hydrogen) atoms. The Bertz CT molecular complexity index is 253. The summed E-state index contributed by atoms with van der Waals surface area (Å²) in [5.74, 6) is 0. The molecule has 58 valence electrons. The Morgan fingerprint density at radius 1 is 1.36 bits per heavy atom. The van der Waals surface area contributed by atoms with Crippen molar-refractivity contribution in [3.05, 3.63) is 29.8 Å². The van der Waals surface area contributed by atoms with E-state index in [2.05, 4.69) is 0 Å². The molecule has 0 saturated carbocycles. The molecule has 0 aromatic heterocycles. The van der Waals surface area contributed by atoms with Gasteiger partial charge in [-0.2, -0.15) is 0 Å². The van der Waals surface area contributed by atoms with Gasteiger partial charge in [-0.05, 0) is 17.7 Å². The maximum atomic E-state index is 7.04. The van der Waals surface area contributed by atoms with Crippen LogP contribution in [0.3, 0.4) is 0 Å². The third kappa shape index (κ3) is 1.80. The minimum atomic E-state index is 0.941. The average molecular weight is 148 g/mol. The number of nitrogens with zero attached hydrogens (tertiary/aromatic N) is 1. The molecule has 0 radical (unpaired) electrons. The second kappa shape index (κ2) is 3.19. The Morgan fingerprint density at radius 3 is 2.64 bits per heavy atom. The molecule has 0 fully saturated rings. The van der Waals surface area contributed by atoms with Gasteiger partial charge in [-0.15, -0.1) is 0 Å². The van der Waals surface area contributed by atoms with Crippen LogP contribution >= 0.6 is 0 Å². The summed E-state index contributed by atoms with van der Waals surface area (Å²) in [4.78, 5) is 2.02. The molecule has 2 heteroatoms. The molecule has 0 unspecified atom stereocenters. The van der Waals surface area contributed by atoms with Crippen LogP contribution in [0.5, 0.6) is 0 Å². The van der Waals surface area contributed by atoms with Gasteiger partial charge in [-0.25, -0.2) is 0 Å². The van der Waals surface area contributed by atoms with E-state index in [0.717, 1.165) is 11.3 Å². The van der Waals surface area contributed by atoms with E-state index in [1.54, 1.807) is 0 Å². The van der Waals surface area contributed by atoms with Crippen LogP contribution < -0.4 is 4.90 Å². The summed E-state index contributed by atoms with van der Waals surface area (Å²) < 4.78 is 0. The first-order chi connectivity index (χ1) is 5.24. The molecule has 1 aromatic rings. The highest BCUT2D eigenvalue weighted by atomic mass is 15.1. The van der Waals surface area contributed by atoms with E-state index < -0.39 is 0 Å². The summed E-state index contributed by atoms with van der Waals surface area (Å²) in [6, 6.07) is 7.87. The molecule has 1 aromatic carbocycles. The second-order valence-corrected chi connectivity index (χ2v) is 2.63. The van der Waals surface area contributed by atoms with Gasteiger partial charge in [0.25, 0.3) is 0 Å². The van der Waals surface area contributed by atoms with Crippen molar-refractivity contribution >= 4 is 11.9 Å². The number of anilines is 1. The zero-order chi connectivity index (χ0) is 8.27. The number of hydrogen-bond donors (Lipinski definition) is 1. The summed E-state index contributed by atoms with van der Waals surface area (Å²) >= 11 is 0. The number of hydrogen-bond acceptors (Lipinski definition) is 2. The zero-order valence-corrected chi connectivity index (χ0v) is 6.83. The standard InChI is InChI=1S/C9H12N2/c1-11(2)9-5-3-4-8(6-9)7-10/h3-7,10H,1-2H3. The third-order valence-electron chi connectivity index (χ3n) is 1.55. The van der Waals surface area contributed by atoms with E-state index in [4.69, 9.17) is 5.41 Å². The van der Waals surface area contributed by atoms with Gasteiger partial charge in [-0.3, -0.25) is 0 Å². The molecule has 2 nitrogen and oxygen atoms in total. The minimum absolute atomic E-state index is 0.941. The predicted molar refractivity (Wildman–Crippen MR) is 48.7 cm³/mol. The van der Waals surface area contributed by atoms with Crippen molar-refractivity contribution in [3.8, 4) is 0 Å². The molecule has 0 bridgehead atoms. The lowest BCUT2D eigenvalue weighted by Crippen LogP contribution is -2.08. The van der Waals surface area contributed by atoms with Crippen LogP contribution in [0.15, 0.2) is 24.3 Å². The van der Waals surface area contributed by atoms with Crippen LogP contribution in [-0.2, 0) is 0 Å². The monoisotopic (exact) mass is 148 g/mol. The largest absolute Gasteiger partial charge is 0.378 e. The third-order valence-corrected chi connectivity index (χ3v) is 1.55. The Labute approximate surface area is 67.0 Å². The lowest BCUT2D eigenvalue weighted by molar-refractivity contribution is 1.13. The van der Waals surface area contributed by atoms with Crippen molar-refractivity contribution in [2.45, 2.75) is 0 Å². The summed E-state index contributed by atoms with van der Waals surface area (Å²) in [6.07, 6.45) is 1.35. The molecule has 0 aliphatic carbocycles. The molecule has 1 rings (SSSR count). The van der Waals surface area contributed by atoms with Crippen LogP contribution in [0, 0.1) is 5.41 Å². The zero-order valence-electron chi connectivity index (χ0n) is 6.83. The minimum Gasteiger partial charge on any atom is -0.378 e. The lowest BCUT2D eigenvalue weighted by Gasteiger charge is -2.11. The highest BCUT2D eigenvalue weighted by molar-refractivity contribution is 5.78. The smallest absolute Gasteiger partial charge is 0.0367 e. The van der Waals surface area contributed by atoms with E-state index in [0.29, 0.717) is 0 Å².